The first-order valence-electron chi connectivity index (χ1n) is 6.99. The van der Waals surface area contributed by atoms with Crippen molar-refractivity contribution < 1.29 is 4.79 Å². The lowest BCUT2D eigenvalue weighted by Crippen LogP contribution is -2.52. The number of urea groups is 1. The summed E-state index contributed by atoms with van der Waals surface area (Å²) in [6, 6.07) is 0.267. The third-order valence-electron chi connectivity index (χ3n) is 3.90. The monoisotopic (exact) mass is 295 g/mol. The maximum Gasteiger partial charge on any atom is 0.317 e. The van der Waals surface area contributed by atoms with Gasteiger partial charge in [0.05, 0.1) is 6.04 Å². The predicted octanol–water partition coefficient (Wildman–Crippen LogP) is 1.30. The van der Waals surface area contributed by atoms with Gasteiger partial charge in [-0.3, -0.25) is 0 Å². The Morgan fingerprint density at radius 2 is 2.30 bits per heavy atom. The standard InChI is InChI=1S/C13H18ClN5O/c1-2-3-10-11(14)16-8-17-12(10)18-4-5-19-9(7-18)6-15-13(19)20/h8-9H,2-7H2,1H3,(H,15,20). The van der Waals surface area contributed by atoms with Crippen molar-refractivity contribution in [1.29, 1.82) is 0 Å². The number of anilines is 1. The van der Waals surface area contributed by atoms with Gasteiger partial charge in [-0.25, -0.2) is 14.8 Å². The van der Waals surface area contributed by atoms with E-state index in [1.807, 2.05) is 4.90 Å². The Balaban J connectivity index is 1.83. The first kappa shape index (κ1) is 13.4. The van der Waals surface area contributed by atoms with Gasteiger partial charge in [0, 0.05) is 31.7 Å². The molecule has 6 nitrogen and oxygen atoms in total. The third kappa shape index (κ3) is 2.28. The lowest BCUT2D eigenvalue weighted by Gasteiger charge is -2.37. The molecule has 1 unspecified atom stereocenters. The van der Waals surface area contributed by atoms with Crippen molar-refractivity contribution in [2.45, 2.75) is 25.8 Å². The third-order valence-corrected chi connectivity index (χ3v) is 4.23. The Morgan fingerprint density at radius 1 is 1.45 bits per heavy atom. The quantitative estimate of drug-likeness (QED) is 0.854. The Kier molecular flexibility index (Phi) is 3.65. The van der Waals surface area contributed by atoms with Crippen molar-refractivity contribution in [3.63, 3.8) is 0 Å². The topological polar surface area (TPSA) is 61.4 Å². The zero-order valence-electron chi connectivity index (χ0n) is 11.5. The summed E-state index contributed by atoms with van der Waals surface area (Å²) in [6.45, 7) is 5.13. The van der Waals surface area contributed by atoms with E-state index in [2.05, 4.69) is 27.1 Å². The first-order chi connectivity index (χ1) is 9.70. The molecule has 0 aliphatic carbocycles. The largest absolute Gasteiger partial charge is 0.352 e. The van der Waals surface area contributed by atoms with Gasteiger partial charge in [0.1, 0.15) is 17.3 Å². The van der Waals surface area contributed by atoms with Crippen LogP contribution in [-0.2, 0) is 6.42 Å². The zero-order chi connectivity index (χ0) is 14.1. The number of rotatable bonds is 3. The van der Waals surface area contributed by atoms with E-state index >= 15 is 0 Å². The van der Waals surface area contributed by atoms with E-state index in [4.69, 9.17) is 11.6 Å². The van der Waals surface area contributed by atoms with Crippen LogP contribution in [0.2, 0.25) is 5.15 Å². The Hall–Kier alpha value is -1.56. The highest BCUT2D eigenvalue weighted by Gasteiger charge is 2.36. The number of fused-ring (bicyclic) bond motifs is 1. The highest BCUT2D eigenvalue weighted by molar-refractivity contribution is 6.30. The molecular weight excluding hydrogens is 278 g/mol. The number of nitrogens with one attached hydrogen (secondary N) is 1. The Labute approximate surface area is 123 Å². The van der Waals surface area contributed by atoms with E-state index in [1.54, 1.807) is 0 Å². The fourth-order valence-corrected chi connectivity index (χ4v) is 3.14. The maximum atomic E-state index is 11.6. The molecular formula is C13H18ClN5O. The number of halogens is 1. The van der Waals surface area contributed by atoms with E-state index in [9.17, 15) is 4.79 Å². The van der Waals surface area contributed by atoms with E-state index in [0.29, 0.717) is 11.7 Å². The average Bonchev–Trinajstić information content (AvgIpc) is 2.82. The summed E-state index contributed by atoms with van der Waals surface area (Å²) in [6.07, 6.45) is 3.39. The molecule has 1 atom stereocenters. The van der Waals surface area contributed by atoms with Crippen molar-refractivity contribution in [3.05, 3.63) is 17.0 Å². The molecule has 2 fully saturated rings. The molecule has 20 heavy (non-hydrogen) atoms. The SMILES string of the molecule is CCCc1c(Cl)ncnc1N1CCN2C(=O)NCC2C1. The minimum absolute atomic E-state index is 0.0455. The minimum atomic E-state index is 0.0455. The Bertz CT molecular complexity index is 523. The molecule has 0 bridgehead atoms. The lowest BCUT2D eigenvalue weighted by atomic mass is 10.1. The van der Waals surface area contributed by atoms with E-state index in [0.717, 1.165) is 43.9 Å². The molecule has 2 saturated heterocycles. The fraction of sp³-hybridized carbons (Fsp3) is 0.615. The Morgan fingerprint density at radius 3 is 3.10 bits per heavy atom. The van der Waals surface area contributed by atoms with E-state index in [1.165, 1.54) is 6.33 Å². The minimum Gasteiger partial charge on any atom is -0.352 e. The van der Waals surface area contributed by atoms with Crippen LogP contribution in [-0.4, -0.2) is 53.1 Å². The number of hydrogen-bond donors (Lipinski definition) is 1. The summed E-state index contributed by atoms with van der Waals surface area (Å²) in [5, 5.41) is 3.43. The molecule has 1 aromatic heterocycles. The smallest absolute Gasteiger partial charge is 0.317 e. The summed E-state index contributed by atoms with van der Waals surface area (Å²) in [7, 11) is 0. The van der Waals surface area contributed by atoms with Crippen molar-refractivity contribution in [2.75, 3.05) is 31.1 Å². The summed E-state index contributed by atoms with van der Waals surface area (Å²) in [5.41, 5.74) is 1.02. The summed E-state index contributed by atoms with van der Waals surface area (Å²) < 4.78 is 0. The second kappa shape index (κ2) is 5.44. The molecule has 7 heteroatoms. The van der Waals surface area contributed by atoms with Gasteiger partial charge in [0.2, 0.25) is 0 Å². The van der Waals surface area contributed by atoms with Gasteiger partial charge in [-0.1, -0.05) is 24.9 Å². The van der Waals surface area contributed by atoms with Crippen LogP contribution in [0.15, 0.2) is 6.33 Å². The highest BCUT2D eigenvalue weighted by Crippen LogP contribution is 2.27. The molecule has 0 saturated carbocycles. The van der Waals surface area contributed by atoms with Gasteiger partial charge in [0.25, 0.3) is 0 Å². The van der Waals surface area contributed by atoms with Crippen LogP contribution in [0.3, 0.4) is 0 Å². The van der Waals surface area contributed by atoms with Crippen molar-refractivity contribution in [3.8, 4) is 0 Å². The molecule has 2 aliphatic heterocycles. The molecule has 3 heterocycles. The summed E-state index contributed by atoms with van der Waals surface area (Å²) in [4.78, 5) is 24.3. The van der Waals surface area contributed by atoms with E-state index < -0.39 is 0 Å². The van der Waals surface area contributed by atoms with Gasteiger partial charge in [-0.05, 0) is 6.42 Å². The fourth-order valence-electron chi connectivity index (χ4n) is 2.92. The average molecular weight is 296 g/mol. The molecule has 3 rings (SSSR count). The summed E-state index contributed by atoms with van der Waals surface area (Å²) in [5.74, 6) is 0.922. The molecule has 2 aliphatic rings. The van der Waals surface area contributed by atoms with Crippen LogP contribution in [0.5, 0.6) is 0 Å². The van der Waals surface area contributed by atoms with Crippen LogP contribution in [0.1, 0.15) is 18.9 Å². The van der Waals surface area contributed by atoms with Gasteiger partial charge in [-0.15, -0.1) is 0 Å². The van der Waals surface area contributed by atoms with Crippen LogP contribution in [0.4, 0.5) is 10.6 Å². The van der Waals surface area contributed by atoms with Crippen LogP contribution < -0.4 is 10.2 Å². The summed E-state index contributed by atoms with van der Waals surface area (Å²) >= 11 is 6.21. The lowest BCUT2D eigenvalue weighted by molar-refractivity contribution is 0.197. The molecule has 2 amide bonds. The van der Waals surface area contributed by atoms with Crippen molar-refractivity contribution in [2.24, 2.45) is 0 Å². The van der Waals surface area contributed by atoms with Gasteiger partial charge in [0.15, 0.2) is 0 Å². The molecule has 0 aromatic carbocycles. The number of carbonyl (C=O) groups is 1. The number of carbonyl (C=O) groups excluding carboxylic acids is 1. The number of hydrogen-bond acceptors (Lipinski definition) is 4. The molecule has 0 spiro atoms. The van der Waals surface area contributed by atoms with Crippen LogP contribution in [0, 0.1) is 0 Å². The zero-order valence-corrected chi connectivity index (χ0v) is 12.2. The molecule has 108 valence electrons. The van der Waals surface area contributed by atoms with E-state index in [-0.39, 0.29) is 12.1 Å². The normalized spacial score (nSPS) is 21.9. The second-order valence-electron chi connectivity index (χ2n) is 5.20. The molecule has 1 N–H and O–H groups in total. The van der Waals surface area contributed by atoms with Gasteiger partial charge in [-0.2, -0.15) is 0 Å². The second-order valence-corrected chi connectivity index (χ2v) is 5.55. The number of piperazine rings is 1. The van der Waals surface area contributed by atoms with Crippen molar-refractivity contribution >= 4 is 23.4 Å². The highest BCUT2D eigenvalue weighted by atomic mass is 35.5. The number of aromatic nitrogens is 2. The maximum absolute atomic E-state index is 11.6. The molecule has 0 radical (unpaired) electrons. The predicted molar refractivity (Wildman–Crippen MR) is 77.1 cm³/mol. The van der Waals surface area contributed by atoms with Crippen LogP contribution >= 0.6 is 11.6 Å². The van der Waals surface area contributed by atoms with Crippen molar-refractivity contribution in [1.82, 2.24) is 20.2 Å². The molecule has 1 aromatic rings. The van der Waals surface area contributed by atoms with Gasteiger partial charge >= 0.3 is 6.03 Å². The first-order valence-corrected chi connectivity index (χ1v) is 7.37. The van der Waals surface area contributed by atoms with Crippen LogP contribution in [0.25, 0.3) is 0 Å². The number of nitrogens with zero attached hydrogens (tertiary/aromatic N) is 4. The number of amides is 2. The van der Waals surface area contributed by atoms with Gasteiger partial charge < -0.3 is 15.1 Å².